The third kappa shape index (κ3) is 2.27. The maximum Gasteiger partial charge on any atom is 0.174 e. The summed E-state index contributed by atoms with van der Waals surface area (Å²) in [4.78, 5) is 12.1. The van der Waals surface area contributed by atoms with E-state index in [0.717, 1.165) is 0 Å². The van der Waals surface area contributed by atoms with Crippen molar-refractivity contribution in [3.05, 3.63) is 35.1 Å². The van der Waals surface area contributed by atoms with E-state index in [0.29, 0.717) is 31.6 Å². The minimum absolute atomic E-state index is 0.318. The predicted molar refractivity (Wildman–Crippen MR) is 58.8 cm³/mol. The van der Waals surface area contributed by atoms with Crippen LogP contribution in [0.5, 0.6) is 0 Å². The Morgan fingerprint density at radius 2 is 1.94 bits per heavy atom. The van der Waals surface area contributed by atoms with Gasteiger partial charge >= 0.3 is 0 Å². The molecule has 0 aromatic heterocycles. The molecular formula is C13H13F3O2. The van der Waals surface area contributed by atoms with Crippen LogP contribution in [0, 0.1) is 23.4 Å². The fourth-order valence-electron chi connectivity index (χ4n) is 2.31. The largest absolute Gasteiger partial charge is 0.377 e. The molecule has 1 aromatic carbocycles. The molecule has 1 fully saturated rings. The third-order valence-corrected chi connectivity index (χ3v) is 3.20. The van der Waals surface area contributed by atoms with Crippen LogP contribution in [0.25, 0.3) is 0 Å². The van der Waals surface area contributed by atoms with Gasteiger partial charge in [-0.3, -0.25) is 4.79 Å². The number of ether oxygens (including phenoxy) is 1. The summed E-state index contributed by atoms with van der Waals surface area (Å²) in [6.07, 6.45) is 0.718. The molecule has 2 nitrogen and oxygen atoms in total. The fraction of sp³-hybridized carbons (Fsp3) is 0.462. The van der Waals surface area contributed by atoms with E-state index in [4.69, 9.17) is 4.74 Å². The van der Waals surface area contributed by atoms with Gasteiger partial charge in [0.05, 0.1) is 17.6 Å². The van der Waals surface area contributed by atoms with Crippen molar-refractivity contribution >= 4 is 5.78 Å². The fourth-order valence-corrected chi connectivity index (χ4v) is 2.31. The van der Waals surface area contributed by atoms with Gasteiger partial charge in [0.15, 0.2) is 5.78 Å². The average Bonchev–Trinajstić information content (AvgIpc) is 2.75. The van der Waals surface area contributed by atoms with Crippen LogP contribution < -0.4 is 0 Å². The number of carbonyl (C=O) groups is 1. The van der Waals surface area contributed by atoms with E-state index in [1.807, 2.05) is 6.92 Å². The zero-order chi connectivity index (χ0) is 13.3. The normalized spacial score (nSPS) is 23.3. The summed E-state index contributed by atoms with van der Waals surface area (Å²) in [5.41, 5.74) is -0.662. The molecule has 0 radical (unpaired) electrons. The number of halogens is 3. The third-order valence-electron chi connectivity index (χ3n) is 3.20. The lowest BCUT2D eigenvalue weighted by Gasteiger charge is -2.16. The highest BCUT2D eigenvalue weighted by atomic mass is 19.1. The Morgan fingerprint density at radius 1 is 1.33 bits per heavy atom. The number of hydrogen-bond acceptors (Lipinski definition) is 2. The van der Waals surface area contributed by atoms with E-state index in [1.165, 1.54) is 0 Å². The number of benzene rings is 1. The summed E-state index contributed by atoms with van der Waals surface area (Å²) in [5, 5.41) is 0. The maximum atomic E-state index is 13.5. The van der Waals surface area contributed by atoms with E-state index in [2.05, 4.69) is 0 Å². The Morgan fingerprint density at radius 3 is 2.50 bits per heavy atom. The minimum Gasteiger partial charge on any atom is -0.377 e. The van der Waals surface area contributed by atoms with Gasteiger partial charge in [0.2, 0.25) is 0 Å². The van der Waals surface area contributed by atoms with Gasteiger partial charge in [-0.15, -0.1) is 0 Å². The van der Waals surface area contributed by atoms with Crippen molar-refractivity contribution in [2.24, 2.45) is 5.92 Å². The summed E-state index contributed by atoms with van der Waals surface area (Å²) in [6, 6.07) is 1.04. The number of carbonyl (C=O) groups excluding carboxylic acids is 1. The predicted octanol–water partition coefficient (Wildman–Crippen LogP) is 3.10. The second-order valence-corrected chi connectivity index (χ2v) is 4.32. The molecular weight excluding hydrogens is 245 g/mol. The second-order valence-electron chi connectivity index (χ2n) is 4.32. The first-order chi connectivity index (χ1) is 8.54. The van der Waals surface area contributed by atoms with Crippen LogP contribution in [0.15, 0.2) is 12.1 Å². The molecule has 1 aliphatic heterocycles. The monoisotopic (exact) mass is 258 g/mol. The van der Waals surface area contributed by atoms with E-state index >= 15 is 0 Å². The lowest BCUT2D eigenvalue weighted by atomic mass is 9.90. The van der Waals surface area contributed by atoms with E-state index < -0.39 is 34.7 Å². The Kier molecular flexibility index (Phi) is 3.71. The molecule has 1 saturated heterocycles. The summed E-state index contributed by atoms with van der Waals surface area (Å²) in [6.45, 7) is 2.24. The lowest BCUT2D eigenvalue weighted by Crippen LogP contribution is -2.25. The Balaban J connectivity index is 2.34. The molecule has 1 heterocycles. The van der Waals surface area contributed by atoms with Crippen LogP contribution in [0.2, 0.25) is 0 Å². The van der Waals surface area contributed by atoms with Crippen molar-refractivity contribution in [2.45, 2.75) is 25.9 Å². The Labute approximate surface area is 103 Å². The average molecular weight is 258 g/mol. The molecule has 0 aliphatic carbocycles. The van der Waals surface area contributed by atoms with E-state index in [1.54, 1.807) is 0 Å². The van der Waals surface area contributed by atoms with Gasteiger partial charge in [0.25, 0.3) is 0 Å². The zero-order valence-electron chi connectivity index (χ0n) is 9.88. The van der Waals surface area contributed by atoms with Gasteiger partial charge in [-0.25, -0.2) is 13.2 Å². The van der Waals surface area contributed by atoms with Gasteiger partial charge in [-0.1, -0.05) is 6.92 Å². The molecule has 0 amide bonds. The molecule has 1 aliphatic rings. The van der Waals surface area contributed by atoms with Crippen LogP contribution in [-0.4, -0.2) is 18.5 Å². The first-order valence-corrected chi connectivity index (χ1v) is 5.85. The second kappa shape index (κ2) is 5.10. The highest BCUT2D eigenvalue weighted by molar-refractivity contribution is 5.98. The van der Waals surface area contributed by atoms with Crippen LogP contribution in [0.3, 0.4) is 0 Å². The molecule has 98 valence electrons. The summed E-state index contributed by atoms with van der Waals surface area (Å²) < 4.78 is 45.1. The number of ketones is 1. The molecule has 0 saturated carbocycles. The van der Waals surface area contributed by atoms with Crippen molar-refractivity contribution in [3.63, 3.8) is 0 Å². The topological polar surface area (TPSA) is 26.3 Å². The molecule has 5 heteroatoms. The molecule has 0 N–H and O–H groups in total. The maximum absolute atomic E-state index is 13.5. The highest BCUT2D eigenvalue weighted by Gasteiger charge is 2.35. The molecule has 0 bridgehead atoms. The van der Waals surface area contributed by atoms with Crippen molar-refractivity contribution in [1.82, 2.24) is 0 Å². The van der Waals surface area contributed by atoms with Gasteiger partial charge in [-0.2, -0.15) is 0 Å². The van der Waals surface area contributed by atoms with Crippen LogP contribution >= 0.6 is 0 Å². The smallest absolute Gasteiger partial charge is 0.174 e. The van der Waals surface area contributed by atoms with Crippen molar-refractivity contribution < 1.29 is 22.7 Å². The summed E-state index contributed by atoms with van der Waals surface area (Å²) >= 11 is 0. The SMILES string of the molecule is CCC1OCCC1C(=O)c1c(F)cc(F)cc1F. The molecule has 18 heavy (non-hydrogen) atoms. The zero-order valence-corrected chi connectivity index (χ0v) is 9.88. The Bertz CT molecular complexity index is 450. The standard InChI is InChI=1S/C13H13F3O2/c1-2-11-8(3-4-18-11)13(17)12-9(15)5-7(14)6-10(12)16/h5-6,8,11H,2-4H2,1H3. The van der Waals surface area contributed by atoms with E-state index in [9.17, 15) is 18.0 Å². The van der Waals surface area contributed by atoms with Gasteiger partial charge in [-0.05, 0) is 12.8 Å². The first-order valence-electron chi connectivity index (χ1n) is 5.85. The van der Waals surface area contributed by atoms with Crippen LogP contribution in [-0.2, 0) is 4.74 Å². The molecule has 1 aromatic rings. The highest BCUT2D eigenvalue weighted by Crippen LogP contribution is 2.29. The summed E-state index contributed by atoms with van der Waals surface area (Å²) in [5.74, 6) is -4.53. The van der Waals surface area contributed by atoms with Crippen molar-refractivity contribution in [3.8, 4) is 0 Å². The van der Waals surface area contributed by atoms with Crippen LogP contribution in [0.4, 0.5) is 13.2 Å². The number of rotatable bonds is 3. The molecule has 0 spiro atoms. The number of hydrogen-bond donors (Lipinski definition) is 0. The molecule has 2 atom stereocenters. The van der Waals surface area contributed by atoms with Crippen molar-refractivity contribution in [1.29, 1.82) is 0 Å². The molecule has 2 rings (SSSR count). The first kappa shape index (κ1) is 13.1. The van der Waals surface area contributed by atoms with Gasteiger partial charge < -0.3 is 4.74 Å². The molecule has 2 unspecified atom stereocenters. The van der Waals surface area contributed by atoms with E-state index in [-0.39, 0.29) is 6.10 Å². The van der Waals surface area contributed by atoms with Gasteiger partial charge in [0, 0.05) is 18.7 Å². The quantitative estimate of drug-likeness (QED) is 0.779. The number of Topliss-reactive ketones (excluding diaryl/α,β-unsaturated/α-hetero) is 1. The summed E-state index contributed by atoms with van der Waals surface area (Å²) in [7, 11) is 0. The van der Waals surface area contributed by atoms with Gasteiger partial charge in [0.1, 0.15) is 17.5 Å². The Hall–Kier alpha value is -1.36. The lowest BCUT2D eigenvalue weighted by molar-refractivity contribution is 0.0683. The van der Waals surface area contributed by atoms with Crippen LogP contribution in [0.1, 0.15) is 30.1 Å². The van der Waals surface area contributed by atoms with Crippen molar-refractivity contribution in [2.75, 3.05) is 6.61 Å². The minimum atomic E-state index is -1.15.